The number of sulfonamides is 1. The molecule has 0 atom stereocenters. The van der Waals surface area contributed by atoms with Crippen molar-refractivity contribution in [2.45, 2.75) is 32.1 Å². The molecule has 0 unspecified atom stereocenters. The zero-order chi connectivity index (χ0) is 20.8. The van der Waals surface area contributed by atoms with Crippen LogP contribution in [0.1, 0.15) is 31.7 Å². The number of benzene rings is 1. The van der Waals surface area contributed by atoms with E-state index in [0.29, 0.717) is 18.8 Å². The Morgan fingerprint density at radius 2 is 1.82 bits per heavy atom. The predicted octanol–water partition coefficient (Wildman–Crippen LogP) is 2.55. The van der Waals surface area contributed by atoms with Crippen LogP contribution in [0.15, 0.2) is 30.3 Å². The van der Waals surface area contributed by atoms with Gasteiger partial charge in [-0.15, -0.1) is 4.83 Å². The maximum absolute atomic E-state index is 14.3. The van der Waals surface area contributed by atoms with Gasteiger partial charge in [0.25, 0.3) is 10.0 Å². The van der Waals surface area contributed by atoms with Crippen LogP contribution >= 0.6 is 0 Å². The predicted molar refractivity (Wildman–Crippen MR) is 100 cm³/mol. The van der Waals surface area contributed by atoms with Gasteiger partial charge in [0.2, 0.25) is 0 Å². The molecule has 1 heterocycles. The summed E-state index contributed by atoms with van der Waals surface area (Å²) < 4.78 is 63.7. The lowest BCUT2D eigenvalue weighted by atomic mass is 10.1. The van der Waals surface area contributed by atoms with E-state index in [1.165, 1.54) is 43.3 Å². The minimum absolute atomic E-state index is 0.00529. The van der Waals surface area contributed by atoms with Crippen LogP contribution in [-0.4, -0.2) is 52.1 Å². The Morgan fingerprint density at radius 1 is 1.21 bits per heavy atom. The fraction of sp³-hybridized carbons (Fsp3) is 0.500. The largest absolute Gasteiger partial charge is 0.497 e. The summed E-state index contributed by atoms with van der Waals surface area (Å²) in [6.45, 7) is 2.09. The molecular formula is C18H24F2N2O5S. The van der Waals surface area contributed by atoms with Gasteiger partial charge in [-0.25, -0.2) is 18.2 Å². The van der Waals surface area contributed by atoms with E-state index in [1.807, 2.05) is 0 Å². The summed E-state index contributed by atoms with van der Waals surface area (Å²) in [5.74, 6) is -5.49. The van der Waals surface area contributed by atoms with Gasteiger partial charge in [-0.2, -0.15) is 8.78 Å². The van der Waals surface area contributed by atoms with Crippen molar-refractivity contribution >= 4 is 20.9 Å². The molecule has 1 aliphatic rings. The van der Waals surface area contributed by atoms with Crippen molar-refractivity contribution in [1.29, 1.82) is 0 Å². The Kier molecular flexibility index (Phi) is 7.50. The highest BCUT2D eigenvalue weighted by molar-refractivity contribution is 7.98. The number of hydrogen-bond donors (Lipinski definition) is 1. The number of piperidine rings is 1. The summed E-state index contributed by atoms with van der Waals surface area (Å²) in [4.78, 5) is 13.2. The summed E-state index contributed by atoms with van der Waals surface area (Å²) in [5, 5.41) is 1.47. The second kappa shape index (κ2) is 9.44. The summed E-state index contributed by atoms with van der Waals surface area (Å²) in [7, 11) is -2.94. The summed E-state index contributed by atoms with van der Waals surface area (Å²) in [5.41, 5.74) is -0.00529. The van der Waals surface area contributed by atoms with Crippen molar-refractivity contribution in [3.63, 3.8) is 0 Å². The maximum Gasteiger partial charge on any atom is 0.381 e. The molecule has 1 saturated heterocycles. The van der Waals surface area contributed by atoms with Crippen LogP contribution in [0.4, 0.5) is 8.78 Å². The monoisotopic (exact) mass is 418 g/mol. The SMILES string of the molecule is CCOC(=O)C(F)(F)/C=C(\c1ccc(OC)cc1)S(=O)(=O)NN1CCCCC1. The smallest absolute Gasteiger partial charge is 0.381 e. The molecule has 0 aromatic heterocycles. The molecule has 156 valence electrons. The number of esters is 1. The van der Waals surface area contributed by atoms with E-state index >= 15 is 0 Å². The van der Waals surface area contributed by atoms with E-state index in [1.54, 1.807) is 0 Å². The number of carbonyl (C=O) groups excluding carboxylic acids is 1. The van der Waals surface area contributed by atoms with Gasteiger partial charge in [-0.1, -0.05) is 6.42 Å². The van der Waals surface area contributed by atoms with Crippen LogP contribution in [-0.2, 0) is 19.6 Å². The van der Waals surface area contributed by atoms with Gasteiger partial charge in [-0.05, 0) is 49.6 Å². The van der Waals surface area contributed by atoms with Crippen LogP contribution < -0.4 is 9.57 Å². The number of methoxy groups -OCH3 is 1. The molecule has 0 saturated carbocycles. The average molecular weight is 418 g/mol. The number of rotatable bonds is 8. The first-order chi connectivity index (χ1) is 13.2. The number of carbonyl (C=O) groups is 1. The number of nitrogens with zero attached hydrogens (tertiary/aromatic N) is 1. The van der Waals surface area contributed by atoms with Crippen molar-refractivity contribution in [2.75, 3.05) is 26.8 Å². The molecule has 10 heteroatoms. The minimum atomic E-state index is -4.37. The van der Waals surface area contributed by atoms with Crippen LogP contribution in [0.3, 0.4) is 0 Å². The fourth-order valence-corrected chi connectivity index (χ4v) is 4.10. The highest BCUT2D eigenvalue weighted by Crippen LogP contribution is 2.29. The van der Waals surface area contributed by atoms with E-state index in [2.05, 4.69) is 9.57 Å². The zero-order valence-corrected chi connectivity index (χ0v) is 16.6. The molecule has 1 fully saturated rings. The number of alkyl halides is 2. The first kappa shape index (κ1) is 22.3. The summed E-state index contributed by atoms with van der Waals surface area (Å²) in [6, 6.07) is 5.56. The van der Waals surface area contributed by atoms with E-state index in [9.17, 15) is 22.0 Å². The van der Waals surface area contributed by atoms with Crippen LogP contribution in [0.5, 0.6) is 5.75 Å². The summed E-state index contributed by atoms with van der Waals surface area (Å²) >= 11 is 0. The van der Waals surface area contributed by atoms with Gasteiger partial charge < -0.3 is 9.47 Å². The van der Waals surface area contributed by atoms with Crippen LogP contribution in [0.25, 0.3) is 4.91 Å². The quantitative estimate of drug-likeness (QED) is 0.653. The van der Waals surface area contributed by atoms with E-state index in [0.717, 1.165) is 19.3 Å². The number of hydrogen-bond acceptors (Lipinski definition) is 6. The van der Waals surface area contributed by atoms with Gasteiger partial charge in [0, 0.05) is 19.2 Å². The lowest BCUT2D eigenvalue weighted by molar-refractivity contribution is -0.164. The Bertz CT molecular complexity index is 804. The maximum atomic E-state index is 14.3. The third-order valence-corrected chi connectivity index (χ3v) is 5.56. The second-order valence-electron chi connectivity index (χ2n) is 6.22. The molecule has 0 radical (unpaired) electrons. The zero-order valence-electron chi connectivity index (χ0n) is 15.8. The molecular weight excluding hydrogens is 394 g/mol. The summed E-state index contributed by atoms with van der Waals surface area (Å²) in [6.07, 6.45) is 2.69. The lowest BCUT2D eigenvalue weighted by Crippen LogP contribution is -2.45. The molecule has 2 rings (SSSR count). The van der Waals surface area contributed by atoms with Crippen molar-refractivity contribution in [3.05, 3.63) is 35.9 Å². The third-order valence-electron chi connectivity index (χ3n) is 4.13. The Balaban J connectivity index is 2.44. The fourth-order valence-electron chi connectivity index (χ4n) is 2.73. The molecule has 0 aliphatic carbocycles. The molecule has 0 spiro atoms. The van der Waals surface area contributed by atoms with E-state index in [4.69, 9.17) is 4.74 Å². The first-order valence-corrected chi connectivity index (χ1v) is 10.4. The van der Waals surface area contributed by atoms with Gasteiger partial charge in [0.15, 0.2) is 0 Å². The molecule has 0 bridgehead atoms. The van der Waals surface area contributed by atoms with Gasteiger partial charge in [0.1, 0.15) is 5.75 Å². The number of ether oxygens (including phenoxy) is 2. The van der Waals surface area contributed by atoms with Crippen molar-refractivity contribution in [2.24, 2.45) is 0 Å². The molecule has 1 N–H and O–H groups in total. The van der Waals surface area contributed by atoms with Crippen molar-refractivity contribution < 1.29 is 31.5 Å². The highest BCUT2D eigenvalue weighted by Gasteiger charge is 2.41. The molecule has 28 heavy (non-hydrogen) atoms. The molecule has 1 aliphatic heterocycles. The Labute approximate surface area is 163 Å². The first-order valence-electron chi connectivity index (χ1n) is 8.89. The lowest BCUT2D eigenvalue weighted by Gasteiger charge is -2.27. The standard InChI is InChI=1S/C18H24F2N2O5S/c1-3-27-17(23)18(19,20)13-16(14-7-9-15(26-2)10-8-14)28(24,25)21-22-11-5-4-6-12-22/h7-10,13,21H,3-6,11-12H2,1-2H3/b16-13+. The van der Waals surface area contributed by atoms with Gasteiger partial charge in [-0.3, -0.25) is 0 Å². The van der Waals surface area contributed by atoms with Crippen LogP contribution in [0.2, 0.25) is 0 Å². The molecule has 1 aromatic rings. The highest BCUT2D eigenvalue weighted by atomic mass is 32.2. The topological polar surface area (TPSA) is 84.9 Å². The minimum Gasteiger partial charge on any atom is -0.497 e. The number of hydrazine groups is 1. The molecule has 1 aromatic carbocycles. The normalized spacial score (nSPS) is 16.6. The average Bonchev–Trinajstić information content (AvgIpc) is 2.67. The van der Waals surface area contributed by atoms with Gasteiger partial charge in [0.05, 0.1) is 18.6 Å². The van der Waals surface area contributed by atoms with E-state index < -0.39 is 26.8 Å². The number of halogens is 2. The Morgan fingerprint density at radius 3 is 2.36 bits per heavy atom. The van der Waals surface area contributed by atoms with Crippen LogP contribution in [0, 0.1) is 0 Å². The second-order valence-corrected chi connectivity index (χ2v) is 7.85. The van der Waals surface area contributed by atoms with Gasteiger partial charge >= 0.3 is 11.9 Å². The molecule has 0 amide bonds. The third kappa shape index (κ3) is 5.73. The van der Waals surface area contributed by atoms with Crippen molar-refractivity contribution in [1.82, 2.24) is 9.84 Å². The number of nitrogens with one attached hydrogen (secondary N) is 1. The van der Waals surface area contributed by atoms with Crippen molar-refractivity contribution in [3.8, 4) is 5.75 Å². The Hall–Kier alpha value is -2.04. The van der Waals surface area contributed by atoms with E-state index in [-0.39, 0.29) is 18.2 Å². The molecule has 7 nitrogen and oxygen atoms in total.